The molecule has 0 atom stereocenters. The lowest BCUT2D eigenvalue weighted by Crippen LogP contribution is -2.48. The molecule has 1 heterocycles. The normalized spacial score (nSPS) is 16.2. The van der Waals surface area contributed by atoms with Crippen molar-refractivity contribution in [3.8, 4) is 0 Å². The van der Waals surface area contributed by atoms with Crippen LogP contribution < -0.4 is 0 Å². The largest absolute Gasteiger partial charge is 0.478 e. The van der Waals surface area contributed by atoms with E-state index in [1.54, 1.807) is 6.92 Å². The molecule has 1 fully saturated rings. The van der Waals surface area contributed by atoms with Crippen LogP contribution in [0.5, 0.6) is 0 Å². The third-order valence-electron chi connectivity index (χ3n) is 4.34. The van der Waals surface area contributed by atoms with Gasteiger partial charge in [-0.25, -0.2) is 17.6 Å². The summed E-state index contributed by atoms with van der Waals surface area (Å²) in [5.41, 5.74) is -0.404. The molecule has 0 unspecified atom stereocenters. The molecule has 0 spiro atoms. The van der Waals surface area contributed by atoms with E-state index in [0.717, 1.165) is 12.3 Å². The summed E-state index contributed by atoms with van der Waals surface area (Å²) in [5, 5.41) is 8.84. The van der Waals surface area contributed by atoms with Crippen LogP contribution >= 0.6 is 0 Å². The molecule has 1 aromatic rings. The second kappa shape index (κ2) is 7.49. The van der Waals surface area contributed by atoms with Crippen molar-refractivity contribution in [1.82, 2.24) is 9.21 Å². The van der Waals surface area contributed by atoms with Crippen molar-refractivity contribution in [3.05, 3.63) is 35.1 Å². The number of likely N-dealkylation sites (tertiary alicyclic amines) is 1. The van der Waals surface area contributed by atoms with Gasteiger partial charge in [-0.15, -0.1) is 0 Å². The molecule has 1 aromatic carbocycles. The van der Waals surface area contributed by atoms with Crippen LogP contribution in [-0.4, -0.2) is 66.5 Å². The van der Waals surface area contributed by atoms with Gasteiger partial charge in [-0.05, 0) is 31.0 Å². The Bertz CT molecular complexity index is 773. The summed E-state index contributed by atoms with van der Waals surface area (Å²) in [6, 6.07) is 3.00. The first-order valence-corrected chi connectivity index (χ1v) is 9.79. The number of piperidine rings is 1. The fourth-order valence-corrected chi connectivity index (χ4v) is 4.33. The predicted molar refractivity (Wildman–Crippen MR) is 89.5 cm³/mol. The predicted octanol–water partition coefficient (Wildman–Crippen LogP) is 1.41. The number of carbonyl (C=O) groups excluding carboxylic acids is 1. The van der Waals surface area contributed by atoms with Gasteiger partial charge >= 0.3 is 5.97 Å². The standard InChI is InChI=1S/C16H21FN2O5S/c1-3-19(25(2,23)24)12-6-8-18(9-7-12)15(20)13-5-4-11(16(21)22)10-14(13)17/h4-5,10,12H,3,6-9H2,1-2H3,(H,21,22). The number of nitrogens with zero attached hydrogens (tertiary/aromatic N) is 2. The minimum atomic E-state index is -3.31. The van der Waals surface area contributed by atoms with E-state index in [9.17, 15) is 22.4 Å². The second-order valence-corrected chi connectivity index (χ2v) is 7.92. The van der Waals surface area contributed by atoms with Crippen LogP contribution in [0, 0.1) is 5.82 Å². The summed E-state index contributed by atoms with van der Waals surface area (Å²) in [5.74, 6) is -2.66. The van der Waals surface area contributed by atoms with Gasteiger partial charge in [0.1, 0.15) is 5.82 Å². The first-order valence-electron chi connectivity index (χ1n) is 7.94. The average Bonchev–Trinajstić information content (AvgIpc) is 2.54. The summed E-state index contributed by atoms with van der Waals surface area (Å²) in [7, 11) is -3.31. The minimum absolute atomic E-state index is 0.178. The lowest BCUT2D eigenvalue weighted by Gasteiger charge is -2.36. The highest BCUT2D eigenvalue weighted by Gasteiger charge is 2.31. The van der Waals surface area contributed by atoms with Crippen LogP contribution in [0.4, 0.5) is 4.39 Å². The average molecular weight is 372 g/mol. The molecule has 0 aliphatic carbocycles. The van der Waals surface area contributed by atoms with E-state index in [1.807, 2.05) is 0 Å². The summed E-state index contributed by atoms with van der Waals surface area (Å²) >= 11 is 0. The summed E-state index contributed by atoms with van der Waals surface area (Å²) in [6.45, 7) is 2.76. The van der Waals surface area contributed by atoms with Gasteiger partial charge in [-0.1, -0.05) is 6.92 Å². The molecule has 1 saturated heterocycles. The van der Waals surface area contributed by atoms with Crippen molar-refractivity contribution < 1.29 is 27.5 Å². The fraction of sp³-hybridized carbons (Fsp3) is 0.500. The van der Waals surface area contributed by atoms with E-state index >= 15 is 0 Å². The van der Waals surface area contributed by atoms with E-state index < -0.39 is 27.7 Å². The number of halogens is 1. The first-order chi connectivity index (χ1) is 11.6. The molecule has 0 bridgehead atoms. The van der Waals surface area contributed by atoms with Crippen molar-refractivity contribution in [3.63, 3.8) is 0 Å². The van der Waals surface area contributed by atoms with Gasteiger partial charge in [0, 0.05) is 25.7 Å². The zero-order chi connectivity index (χ0) is 18.8. The molecule has 7 nitrogen and oxygen atoms in total. The monoisotopic (exact) mass is 372 g/mol. The Hall–Kier alpha value is -2.00. The molecule has 0 radical (unpaired) electrons. The lowest BCUT2D eigenvalue weighted by atomic mass is 10.0. The minimum Gasteiger partial charge on any atom is -0.478 e. The molecular weight excluding hydrogens is 351 g/mol. The summed E-state index contributed by atoms with van der Waals surface area (Å²) < 4.78 is 39.0. The van der Waals surface area contributed by atoms with Gasteiger partial charge in [0.05, 0.1) is 17.4 Å². The van der Waals surface area contributed by atoms with Crippen molar-refractivity contribution in [1.29, 1.82) is 0 Å². The number of sulfonamides is 1. The van der Waals surface area contributed by atoms with Crippen molar-refractivity contribution >= 4 is 21.9 Å². The molecule has 1 aliphatic heterocycles. The number of hydrogen-bond acceptors (Lipinski definition) is 4. The number of amides is 1. The van der Waals surface area contributed by atoms with E-state index in [4.69, 9.17) is 5.11 Å². The smallest absolute Gasteiger partial charge is 0.335 e. The molecule has 25 heavy (non-hydrogen) atoms. The van der Waals surface area contributed by atoms with Gasteiger partial charge in [0.2, 0.25) is 10.0 Å². The maximum atomic E-state index is 14.0. The van der Waals surface area contributed by atoms with E-state index in [-0.39, 0.29) is 17.2 Å². The zero-order valence-electron chi connectivity index (χ0n) is 14.1. The molecule has 1 aliphatic rings. The van der Waals surface area contributed by atoms with Crippen LogP contribution in [0.25, 0.3) is 0 Å². The molecule has 1 amide bonds. The fourth-order valence-electron chi connectivity index (χ4n) is 3.11. The molecule has 9 heteroatoms. The Balaban J connectivity index is 2.08. The molecule has 0 saturated carbocycles. The van der Waals surface area contributed by atoms with Crippen LogP contribution in [0.15, 0.2) is 18.2 Å². The maximum Gasteiger partial charge on any atom is 0.335 e. The Morgan fingerprint density at radius 2 is 1.92 bits per heavy atom. The molecule has 2 rings (SSSR count). The Labute approximate surface area is 146 Å². The molecule has 1 N–H and O–H groups in total. The highest BCUT2D eigenvalue weighted by atomic mass is 32.2. The number of rotatable bonds is 5. The zero-order valence-corrected chi connectivity index (χ0v) is 14.9. The number of benzene rings is 1. The first kappa shape index (κ1) is 19.3. The van der Waals surface area contributed by atoms with Gasteiger partial charge < -0.3 is 10.0 Å². The maximum absolute atomic E-state index is 14.0. The van der Waals surface area contributed by atoms with Crippen LogP contribution in [0.3, 0.4) is 0 Å². The van der Waals surface area contributed by atoms with Gasteiger partial charge in [-0.2, -0.15) is 4.31 Å². The third-order valence-corrected chi connectivity index (χ3v) is 5.75. The van der Waals surface area contributed by atoms with E-state index in [2.05, 4.69) is 0 Å². The molecule has 138 valence electrons. The number of hydrogen-bond donors (Lipinski definition) is 1. The van der Waals surface area contributed by atoms with Crippen LogP contribution in [0.2, 0.25) is 0 Å². The summed E-state index contributed by atoms with van der Waals surface area (Å²) in [4.78, 5) is 24.7. The quantitative estimate of drug-likeness (QED) is 0.843. The number of aromatic carboxylic acids is 1. The van der Waals surface area contributed by atoms with E-state index in [1.165, 1.54) is 21.3 Å². The molecule has 0 aromatic heterocycles. The highest BCUT2D eigenvalue weighted by Crippen LogP contribution is 2.21. The number of carboxylic acid groups (broad SMARTS) is 1. The third kappa shape index (κ3) is 4.35. The van der Waals surface area contributed by atoms with Crippen molar-refractivity contribution in [2.45, 2.75) is 25.8 Å². The van der Waals surface area contributed by atoms with Gasteiger partial charge in [-0.3, -0.25) is 4.79 Å². The Morgan fingerprint density at radius 1 is 1.32 bits per heavy atom. The lowest BCUT2D eigenvalue weighted by molar-refractivity contribution is 0.0667. The van der Waals surface area contributed by atoms with Crippen LogP contribution in [0.1, 0.15) is 40.5 Å². The number of carbonyl (C=O) groups is 2. The van der Waals surface area contributed by atoms with Gasteiger partial charge in [0.25, 0.3) is 5.91 Å². The van der Waals surface area contributed by atoms with Crippen molar-refractivity contribution in [2.24, 2.45) is 0 Å². The molecular formula is C16H21FN2O5S. The van der Waals surface area contributed by atoms with Crippen molar-refractivity contribution in [2.75, 3.05) is 25.9 Å². The second-order valence-electron chi connectivity index (χ2n) is 5.99. The van der Waals surface area contributed by atoms with Crippen LogP contribution in [-0.2, 0) is 10.0 Å². The number of carboxylic acids is 1. The SMILES string of the molecule is CCN(C1CCN(C(=O)c2ccc(C(=O)O)cc2F)CC1)S(C)(=O)=O. The summed E-state index contributed by atoms with van der Waals surface area (Å²) in [6.07, 6.45) is 2.11. The van der Waals surface area contributed by atoms with Gasteiger partial charge in [0.15, 0.2) is 0 Å². The van der Waals surface area contributed by atoms with E-state index in [0.29, 0.717) is 32.5 Å². The topological polar surface area (TPSA) is 95.0 Å². The Morgan fingerprint density at radius 3 is 2.36 bits per heavy atom. The Kier molecular flexibility index (Phi) is 5.79. The highest BCUT2D eigenvalue weighted by molar-refractivity contribution is 7.88.